The highest BCUT2D eigenvalue weighted by molar-refractivity contribution is 5.93. The van der Waals surface area contributed by atoms with Crippen LogP contribution in [0.2, 0.25) is 0 Å². The average molecular weight is 406 g/mol. The summed E-state index contributed by atoms with van der Waals surface area (Å²) in [5, 5.41) is 10.0. The Labute approximate surface area is 175 Å². The van der Waals surface area contributed by atoms with Crippen molar-refractivity contribution in [3.63, 3.8) is 0 Å². The lowest BCUT2D eigenvalue weighted by Gasteiger charge is -2.35. The number of fused-ring (bicyclic) bond motifs is 1. The Morgan fingerprint density at radius 3 is 2.33 bits per heavy atom. The molecular formula is C23H26N4O3. The van der Waals surface area contributed by atoms with E-state index < -0.39 is 5.60 Å². The van der Waals surface area contributed by atoms with Crippen molar-refractivity contribution in [2.45, 2.75) is 24.9 Å². The molecule has 1 aromatic carbocycles. The molecule has 3 heterocycles. The van der Waals surface area contributed by atoms with Gasteiger partial charge in [-0.05, 0) is 48.6 Å². The first kappa shape index (κ1) is 19.1. The van der Waals surface area contributed by atoms with Crippen LogP contribution < -0.4 is 4.90 Å². The Balaban J connectivity index is 1.24. The summed E-state index contributed by atoms with van der Waals surface area (Å²) in [5.41, 5.74) is 4.01. The van der Waals surface area contributed by atoms with Crippen molar-refractivity contribution < 1.29 is 14.7 Å². The van der Waals surface area contributed by atoms with Gasteiger partial charge in [-0.2, -0.15) is 0 Å². The lowest BCUT2D eigenvalue weighted by Crippen LogP contribution is -2.53. The molecule has 1 aromatic heterocycles. The third-order valence-corrected chi connectivity index (χ3v) is 6.50. The molecule has 7 heteroatoms. The Morgan fingerprint density at radius 1 is 0.967 bits per heavy atom. The summed E-state index contributed by atoms with van der Waals surface area (Å²) in [7, 11) is 2.11. The average Bonchev–Trinajstić information content (AvgIpc) is 3.44. The topological polar surface area (TPSA) is 77.0 Å². The van der Waals surface area contributed by atoms with Crippen LogP contribution in [0.25, 0.3) is 11.1 Å². The van der Waals surface area contributed by atoms with E-state index in [9.17, 15) is 14.7 Å². The van der Waals surface area contributed by atoms with Crippen LogP contribution in [0.1, 0.15) is 28.9 Å². The molecule has 1 aliphatic carbocycles. The molecule has 1 N–H and O–H groups in total. The Hall–Kier alpha value is -2.93. The van der Waals surface area contributed by atoms with Gasteiger partial charge in [0.05, 0.1) is 0 Å². The maximum Gasteiger partial charge on any atom is 0.272 e. The highest BCUT2D eigenvalue weighted by Crippen LogP contribution is 2.37. The number of piperazine rings is 1. The van der Waals surface area contributed by atoms with E-state index in [4.69, 9.17) is 0 Å². The van der Waals surface area contributed by atoms with E-state index in [1.807, 2.05) is 6.07 Å². The van der Waals surface area contributed by atoms with E-state index >= 15 is 0 Å². The van der Waals surface area contributed by atoms with Gasteiger partial charge in [-0.3, -0.25) is 14.6 Å². The summed E-state index contributed by atoms with van der Waals surface area (Å²) in [4.78, 5) is 35.2. The third kappa shape index (κ3) is 3.33. The fourth-order valence-corrected chi connectivity index (χ4v) is 4.34. The van der Waals surface area contributed by atoms with Crippen molar-refractivity contribution in [2.24, 2.45) is 0 Å². The van der Waals surface area contributed by atoms with Crippen LogP contribution in [0.4, 0.5) is 5.69 Å². The minimum Gasteiger partial charge on any atom is -0.380 e. The number of aliphatic hydroxyl groups is 1. The molecule has 30 heavy (non-hydrogen) atoms. The fraction of sp³-hybridized carbons (Fsp3) is 0.435. The summed E-state index contributed by atoms with van der Waals surface area (Å²) in [5.74, 6) is -0.313. The van der Waals surface area contributed by atoms with Gasteiger partial charge in [-0.25, -0.2) is 0 Å². The molecule has 1 saturated heterocycles. The molecule has 0 radical (unpaired) electrons. The number of likely N-dealkylation sites (N-methyl/N-ethyl adjacent to an activating group) is 1. The first-order valence-corrected chi connectivity index (χ1v) is 10.6. The summed E-state index contributed by atoms with van der Waals surface area (Å²) in [6, 6.07) is 10.2. The zero-order chi connectivity index (χ0) is 20.9. The van der Waals surface area contributed by atoms with E-state index in [-0.39, 0.29) is 11.8 Å². The molecule has 2 aliphatic heterocycles. The Bertz CT molecular complexity index is 992. The van der Waals surface area contributed by atoms with Crippen LogP contribution in [0.5, 0.6) is 0 Å². The van der Waals surface area contributed by atoms with Gasteiger partial charge < -0.3 is 19.8 Å². The van der Waals surface area contributed by atoms with E-state index in [1.165, 1.54) is 11.3 Å². The second-order valence-electron chi connectivity index (χ2n) is 8.56. The van der Waals surface area contributed by atoms with E-state index in [0.717, 1.165) is 24.1 Å². The number of benzene rings is 1. The SMILES string of the molecule is CN1CCc2cc(-c3ccc(C(=O)N4CCN(C(=O)C5(O)CC5)CC4)nc3)ccc21. The number of hydrogen-bond donors (Lipinski definition) is 1. The zero-order valence-corrected chi connectivity index (χ0v) is 17.2. The fourth-order valence-electron chi connectivity index (χ4n) is 4.34. The van der Waals surface area contributed by atoms with Crippen LogP contribution in [-0.4, -0.2) is 77.1 Å². The quantitative estimate of drug-likeness (QED) is 0.837. The summed E-state index contributed by atoms with van der Waals surface area (Å²) in [6.45, 7) is 2.87. The number of anilines is 1. The first-order chi connectivity index (χ1) is 14.4. The minimum atomic E-state index is -1.14. The van der Waals surface area contributed by atoms with Crippen molar-refractivity contribution in [2.75, 3.05) is 44.7 Å². The molecule has 2 fully saturated rings. The molecule has 0 spiro atoms. The second-order valence-corrected chi connectivity index (χ2v) is 8.56. The molecule has 7 nitrogen and oxygen atoms in total. The molecular weight excluding hydrogens is 380 g/mol. The van der Waals surface area contributed by atoms with Crippen LogP contribution in [-0.2, 0) is 11.2 Å². The van der Waals surface area contributed by atoms with Gasteiger partial charge in [0.15, 0.2) is 0 Å². The number of nitrogens with zero attached hydrogens (tertiary/aromatic N) is 4. The maximum absolute atomic E-state index is 12.8. The number of pyridine rings is 1. The van der Waals surface area contributed by atoms with E-state index in [2.05, 4.69) is 35.1 Å². The molecule has 0 atom stereocenters. The molecule has 1 saturated carbocycles. The Kier molecular flexibility index (Phi) is 4.50. The monoisotopic (exact) mass is 406 g/mol. The van der Waals surface area contributed by atoms with Gasteiger partial charge in [-0.1, -0.05) is 12.1 Å². The van der Waals surface area contributed by atoms with E-state index in [1.54, 1.807) is 22.1 Å². The maximum atomic E-state index is 12.8. The molecule has 3 aliphatic rings. The van der Waals surface area contributed by atoms with Crippen LogP contribution in [0, 0.1) is 0 Å². The van der Waals surface area contributed by atoms with Gasteiger partial charge in [0, 0.05) is 57.2 Å². The van der Waals surface area contributed by atoms with Crippen LogP contribution in [0.3, 0.4) is 0 Å². The summed E-state index contributed by atoms with van der Waals surface area (Å²) in [6.07, 6.45) is 3.90. The number of aromatic nitrogens is 1. The second kappa shape index (κ2) is 7.09. The normalized spacial score (nSPS) is 19.6. The highest BCUT2D eigenvalue weighted by atomic mass is 16.3. The molecule has 5 rings (SSSR count). The summed E-state index contributed by atoms with van der Waals surface area (Å²) >= 11 is 0. The number of rotatable bonds is 3. The number of amides is 2. The smallest absolute Gasteiger partial charge is 0.272 e. The van der Waals surface area contributed by atoms with Gasteiger partial charge in [0.1, 0.15) is 11.3 Å². The van der Waals surface area contributed by atoms with Gasteiger partial charge >= 0.3 is 0 Å². The van der Waals surface area contributed by atoms with Crippen molar-refractivity contribution >= 4 is 17.5 Å². The lowest BCUT2D eigenvalue weighted by molar-refractivity contribution is -0.143. The molecule has 2 aromatic rings. The number of carbonyl (C=O) groups excluding carboxylic acids is 2. The predicted molar refractivity (Wildman–Crippen MR) is 113 cm³/mol. The highest BCUT2D eigenvalue weighted by Gasteiger charge is 2.50. The number of hydrogen-bond acceptors (Lipinski definition) is 5. The lowest BCUT2D eigenvalue weighted by atomic mass is 10.0. The van der Waals surface area contributed by atoms with Crippen LogP contribution >= 0.6 is 0 Å². The third-order valence-electron chi connectivity index (χ3n) is 6.50. The van der Waals surface area contributed by atoms with Gasteiger partial charge in [-0.15, -0.1) is 0 Å². The number of carbonyl (C=O) groups is 2. The first-order valence-electron chi connectivity index (χ1n) is 10.6. The molecule has 156 valence electrons. The largest absolute Gasteiger partial charge is 0.380 e. The van der Waals surface area contributed by atoms with E-state index in [0.29, 0.717) is 44.7 Å². The van der Waals surface area contributed by atoms with Crippen molar-refractivity contribution in [3.05, 3.63) is 47.8 Å². The molecule has 0 bridgehead atoms. The molecule has 2 amide bonds. The van der Waals surface area contributed by atoms with Crippen LogP contribution in [0.15, 0.2) is 36.5 Å². The van der Waals surface area contributed by atoms with Crippen molar-refractivity contribution in [3.8, 4) is 11.1 Å². The predicted octanol–water partition coefficient (Wildman–Crippen LogP) is 1.55. The van der Waals surface area contributed by atoms with Crippen molar-refractivity contribution in [1.82, 2.24) is 14.8 Å². The minimum absolute atomic E-state index is 0.116. The summed E-state index contributed by atoms with van der Waals surface area (Å²) < 4.78 is 0. The van der Waals surface area contributed by atoms with Gasteiger partial charge in [0.2, 0.25) is 0 Å². The standard InChI is InChI=1S/C23H26N4O3/c1-25-9-6-17-14-16(3-5-20(17)25)18-2-4-19(24-15-18)21(28)26-10-12-27(13-11-26)22(29)23(30)7-8-23/h2-5,14-15,30H,6-13H2,1H3. The Morgan fingerprint density at radius 2 is 1.67 bits per heavy atom. The zero-order valence-electron chi connectivity index (χ0n) is 17.2. The van der Waals surface area contributed by atoms with Crippen molar-refractivity contribution in [1.29, 1.82) is 0 Å². The molecule has 0 unspecified atom stereocenters. The van der Waals surface area contributed by atoms with Gasteiger partial charge in [0.25, 0.3) is 11.8 Å².